The number of hydrogen-bond donors (Lipinski definition) is 1. The molecule has 6 heteroatoms. The second-order valence-electron chi connectivity index (χ2n) is 7.30. The van der Waals surface area contributed by atoms with Crippen LogP contribution in [0.15, 0.2) is 29.3 Å². The summed E-state index contributed by atoms with van der Waals surface area (Å²) in [5, 5.41) is 3.55. The third kappa shape index (κ3) is 3.50. The highest BCUT2D eigenvalue weighted by atomic mass is 127. The molecule has 5 nitrogen and oxygen atoms in total. The van der Waals surface area contributed by atoms with Gasteiger partial charge in [-0.15, -0.1) is 24.0 Å². The van der Waals surface area contributed by atoms with E-state index < -0.39 is 0 Å². The van der Waals surface area contributed by atoms with Crippen LogP contribution in [0.4, 0.5) is 0 Å². The molecule has 2 aromatic rings. The number of hydrogen-bond acceptors (Lipinski definition) is 2. The van der Waals surface area contributed by atoms with Gasteiger partial charge < -0.3 is 14.8 Å². The fourth-order valence-electron chi connectivity index (χ4n) is 4.29. The minimum absolute atomic E-state index is 0. The third-order valence-corrected chi connectivity index (χ3v) is 5.83. The molecule has 0 amide bonds. The third-order valence-electron chi connectivity index (χ3n) is 5.83. The van der Waals surface area contributed by atoms with Gasteiger partial charge in [-0.25, -0.2) is 4.98 Å². The molecular weight excluding hydrogens is 425 g/mol. The molecule has 1 aromatic carbocycles. The number of fused-ring (bicyclic) bond motifs is 1. The molecule has 1 aromatic heterocycles. The van der Waals surface area contributed by atoms with Crippen molar-refractivity contribution in [2.24, 2.45) is 10.4 Å². The summed E-state index contributed by atoms with van der Waals surface area (Å²) in [6.07, 6.45) is 5.55. The van der Waals surface area contributed by atoms with Crippen molar-refractivity contribution in [3.05, 3.63) is 30.1 Å². The highest BCUT2D eigenvalue weighted by Gasteiger charge is 2.43. The minimum atomic E-state index is 0. The van der Waals surface area contributed by atoms with Gasteiger partial charge in [0.15, 0.2) is 5.96 Å². The second kappa shape index (κ2) is 7.51. The SMILES string of the molecule is CN=C(NCCn1c(C)nc2ccccc21)N1CCC2(CCC2)C1.I. The standard InChI is InChI=1S/C19H27N5.HI/c1-15-22-16-6-3-4-7-17(16)24(15)13-11-21-18(20-2)23-12-10-19(14-23)8-5-9-19;/h3-4,6-7H,5,8-14H2,1-2H3,(H,20,21);1H. The van der Waals surface area contributed by atoms with Crippen LogP contribution in [0, 0.1) is 12.3 Å². The predicted molar refractivity (Wildman–Crippen MR) is 114 cm³/mol. The number of imidazole rings is 1. The number of nitrogens with one attached hydrogen (secondary N) is 1. The second-order valence-corrected chi connectivity index (χ2v) is 7.30. The van der Waals surface area contributed by atoms with Gasteiger partial charge in [-0.05, 0) is 43.7 Å². The van der Waals surface area contributed by atoms with Crippen LogP contribution in [0.25, 0.3) is 11.0 Å². The molecule has 1 N–H and O–H groups in total. The van der Waals surface area contributed by atoms with Crippen molar-refractivity contribution in [2.75, 3.05) is 26.7 Å². The maximum atomic E-state index is 4.64. The fraction of sp³-hybridized carbons (Fsp3) is 0.579. The number of likely N-dealkylation sites (tertiary alicyclic amines) is 1. The summed E-state index contributed by atoms with van der Waals surface area (Å²) in [4.78, 5) is 11.6. The lowest BCUT2D eigenvalue weighted by atomic mass is 9.68. The van der Waals surface area contributed by atoms with E-state index in [4.69, 9.17) is 0 Å². The molecule has 1 aliphatic heterocycles. The first-order chi connectivity index (χ1) is 11.7. The topological polar surface area (TPSA) is 45.5 Å². The molecule has 0 radical (unpaired) electrons. The van der Waals surface area contributed by atoms with Crippen LogP contribution >= 0.6 is 24.0 Å². The minimum Gasteiger partial charge on any atom is -0.354 e. The molecule has 25 heavy (non-hydrogen) atoms. The van der Waals surface area contributed by atoms with Gasteiger partial charge in [0.25, 0.3) is 0 Å². The van der Waals surface area contributed by atoms with E-state index in [2.05, 4.69) is 49.9 Å². The molecular formula is C19H28IN5. The van der Waals surface area contributed by atoms with Gasteiger partial charge in [0.2, 0.25) is 0 Å². The normalized spacial score (nSPS) is 19.1. The molecule has 1 spiro atoms. The molecule has 2 heterocycles. The van der Waals surface area contributed by atoms with Gasteiger partial charge in [0.05, 0.1) is 11.0 Å². The van der Waals surface area contributed by atoms with Crippen molar-refractivity contribution in [3.63, 3.8) is 0 Å². The van der Waals surface area contributed by atoms with Gasteiger partial charge in [-0.2, -0.15) is 0 Å². The van der Waals surface area contributed by atoms with Crippen LogP contribution in [0.2, 0.25) is 0 Å². The average Bonchev–Trinajstić information content (AvgIpc) is 3.13. The number of nitrogens with zero attached hydrogens (tertiary/aromatic N) is 4. The Balaban J connectivity index is 0.00000182. The molecule has 0 atom stereocenters. The quantitative estimate of drug-likeness (QED) is 0.440. The van der Waals surface area contributed by atoms with E-state index in [0.29, 0.717) is 5.41 Å². The van der Waals surface area contributed by atoms with E-state index in [1.807, 2.05) is 13.1 Å². The molecule has 4 rings (SSSR count). The zero-order chi connectivity index (χ0) is 16.6. The first-order valence-corrected chi connectivity index (χ1v) is 9.08. The molecule has 0 unspecified atom stereocenters. The van der Waals surface area contributed by atoms with E-state index in [1.165, 1.54) is 37.7 Å². The van der Waals surface area contributed by atoms with Crippen molar-refractivity contribution >= 4 is 41.0 Å². The lowest BCUT2D eigenvalue weighted by Gasteiger charge is -2.38. The first kappa shape index (κ1) is 18.5. The van der Waals surface area contributed by atoms with E-state index in [-0.39, 0.29) is 24.0 Å². The summed E-state index contributed by atoms with van der Waals surface area (Å²) in [5.74, 6) is 2.13. The summed E-state index contributed by atoms with van der Waals surface area (Å²) >= 11 is 0. The van der Waals surface area contributed by atoms with Crippen LogP contribution < -0.4 is 5.32 Å². The van der Waals surface area contributed by atoms with Crippen molar-refractivity contribution in [3.8, 4) is 0 Å². The van der Waals surface area contributed by atoms with Gasteiger partial charge >= 0.3 is 0 Å². The molecule has 1 saturated heterocycles. The molecule has 0 bridgehead atoms. The number of aryl methyl sites for hydroxylation is 1. The summed E-state index contributed by atoms with van der Waals surface area (Å²) < 4.78 is 2.28. The van der Waals surface area contributed by atoms with E-state index >= 15 is 0 Å². The Bertz CT molecular complexity index is 762. The zero-order valence-electron chi connectivity index (χ0n) is 15.2. The lowest BCUT2D eigenvalue weighted by Crippen LogP contribution is -2.43. The van der Waals surface area contributed by atoms with Crippen molar-refractivity contribution in [1.82, 2.24) is 19.8 Å². The Morgan fingerprint density at radius 1 is 1.28 bits per heavy atom. The molecule has 136 valence electrons. The molecule has 1 aliphatic carbocycles. The summed E-state index contributed by atoms with van der Waals surface area (Å²) in [6.45, 7) is 6.18. The molecule has 2 fully saturated rings. The monoisotopic (exact) mass is 453 g/mol. The Kier molecular flexibility index (Phi) is 5.55. The maximum absolute atomic E-state index is 4.64. The Morgan fingerprint density at radius 3 is 2.76 bits per heavy atom. The Labute approximate surface area is 166 Å². The zero-order valence-corrected chi connectivity index (χ0v) is 17.5. The number of aromatic nitrogens is 2. The summed E-state index contributed by atoms with van der Waals surface area (Å²) in [5.41, 5.74) is 2.89. The Hall–Kier alpha value is -1.31. The highest BCUT2D eigenvalue weighted by Crippen LogP contribution is 2.47. The van der Waals surface area contributed by atoms with Crippen LogP contribution in [0.1, 0.15) is 31.5 Å². The van der Waals surface area contributed by atoms with Crippen LogP contribution in [-0.4, -0.2) is 47.1 Å². The number of benzene rings is 1. The average molecular weight is 453 g/mol. The van der Waals surface area contributed by atoms with Gasteiger partial charge in [-0.1, -0.05) is 18.6 Å². The fourth-order valence-corrected chi connectivity index (χ4v) is 4.29. The number of aliphatic imine (C=N–C) groups is 1. The van der Waals surface area contributed by atoms with Gasteiger partial charge in [0.1, 0.15) is 5.82 Å². The number of para-hydroxylation sites is 2. The van der Waals surface area contributed by atoms with Gasteiger partial charge in [0, 0.05) is 33.2 Å². The maximum Gasteiger partial charge on any atom is 0.193 e. The van der Waals surface area contributed by atoms with Crippen LogP contribution in [0.3, 0.4) is 0 Å². The predicted octanol–water partition coefficient (Wildman–Crippen LogP) is 3.41. The van der Waals surface area contributed by atoms with Gasteiger partial charge in [-0.3, -0.25) is 4.99 Å². The largest absolute Gasteiger partial charge is 0.354 e. The van der Waals surface area contributed by atoms with Crippen LogP contribution in [0.5, 0.6) is 0 Å². The van der Waals surface area contributed by atoms with Crippen molar-refractivity contribution in [2.45, 2.75) is 39.2 Å². The van der Waals surface area contributed by atoms with Crippen LogP contribution in [-0.2, 0) is 6.54 Å². The Morgan fingerprint density at radius 2 is 2.08 bits per heavy atom. The summed E-state index contributed by atoms with van der Waals surface area (Å²) in [6, 6.07) is 8.34. The van der Waals surface area contributed by atoms with Crippen molar-refractivity contribution < 1.29 is 0 Å². The van der Waals surface area contributed by atoms with E-state index in [9.17, 15) is 0 Å². The number of guanidine groups is 1. The smallest absolute Gasteiger partial charge is 0.193 e. The first-order valence-electron chi connectivity index (χ1n) is 9.08. The lowest BCUT2D eigenvalue weighted by molar-refractivity contribution is 0.151. The summed E-state index contributed by atoms with van der Waals surface area (Å²) in [7, 11) is 1.89. The highest BCUT2D eigenvalue weighted by molar-refractivity contribution is 14.0. The van der Waals surface area contributed by atoms with E-state index in [0.717, 1.165) is 36.9 Å². The molecule has 2 aliphatic rings. The number of halogens is 1. The number of rotatable bonds is 3. The van der Waals surface area contributed by atoms with Crippen molar-refractivity contribution in [1.29, 1.82) is 0 Å². The van der Waals surface area contributed by atoms with E-state index in [1.54, 1.807) is 0 Å². The molecule has 1 saturated carbocycles.